The molecule has 2 amide bonds. The maximum Gasteiger partial charge on any atom is 0.408 e. The number of amides is 2. The van der Waals surface area contributed by atoms with Crippen molar-refractivity contribution in [2.24, 2.45) is 0 Å². The van der Waals surface area contributed by atoms with Crippen molar-refractivity contribution in [3.8, 4) is 0 Å². The van der Waals surface area contributed by atoms with Gasteiger partial charge in [0.1, 0.15) is 11.4 Å². The first-order valence-corrected chi connectivity index (χ1v) is 9.62. The SMILES string of the molecule is C[C@H](NC(=O)OC(C)(C)C)c1cc2cccc(Cl)c2nc1N1CCNC(=O)C1. The van der Waals surface area contributed by atoms with Crippen LogP contribution in [0.2, 0.25) is 5.02 Å². The molecule has 2 heterocycles. The van der Waals surface area contributed by atoms with Gasteiger partial charge in [0, 0.05) is 24.0 Å². The van der Waals surface area contributed by atoms with E-state index in [9.17, 15) is 9.59 Å². The summed E-state index contributed by atoms with van der Waals surface area (Å²) in [5, 5.41) is 7.08. The summed E-state index contributed by atoms with van der Waals surface area (Å²) in [5.41, 5.74) is 0.876. The number of carbonyl (C=O) groups excluding carboxylic acids is 2. The normalized spacial score (nSPS) is 15.9. The molecule has 28 heavy (non-hydrogen) atoms. The molecule has 1 aliphatic heterocycles. The van der Waals surface area contributed by atoms with Crippen LogP contribution in [-0.2, 0) is 9.53 Å². The summed E-state index contributed by atoms with van der Waals surface area (Å²) in [6.07, 6.45) is -0.506. The summed E-state index contributed by atoms with van der Waals surface area (Å²) in [5.74, 6) is 0.574. The highest BCUT2D eigenvalue weighted by atomic mass is 35.5. The molecule has 150 valence electrons. The molecule has 0 aliphatic carbocycles. The first-order valence-electron chi connectivity index (χ1n) is 9.24. The number of aromatic nitrogens is 1. The molecule has 2 aromatic rings. The molecule has 7 nitrogen and oxygen atoms in total. The number of piperazine rings is 1. The number of nitrogens with one attached hydrogen (secondary N) is 2. The Balaban J connectivity index is 2.00. The summed E-state index contributed by atoms with van der Waals surface area (Å²) in [7, 11) is 0. The summed E-state index contributed by atoms with van der Waals surface area (Å²) in [6, 6.07) is 7.15. The van der Waals surface area contributed by atoms with E-state index in [-0.39, 0.29) is 18.5 Å². The van der Waals surface area contributed by atoms with Crippen molar-refractivity contribution in [2.75, 3.05) is 24.5 Å². The number of halogens is 1. The molecular weight excluding hydrogens is 380 g/mol. The van der Waals surface area contributed by atoms with Gasteiger partial charge in [0.25, 0.3) is 0 Å². The molecule has 8 heteroatoms. The average molecular weight is 405 g/mol. The van der Waals surface area contributed by atoms with Gasteiger partial charge in [-0.25, -0.2) is 9.78 Å². The quantitative estimate of drug-likeness (QED) is 0.819. The molecule has 3 rings (SSSR count). The molecule has 0 radical (unpaired) electrons. The molecule has 1 aromatic carbocycles. The third-order valence-corrected chi connectivity index (χ3v) is 4.65. The molecule has 0 bridgehead atoms. The summed E-state index contributed by atoms with van der Waals surface area (Å²) < 4.78 is 5.37. The number of anilines is 1. The van der Waals surface area contributed by atoms with E-state index in [4.69, 9.17) is 21.3 Å². The number of nitrogens with zero attached hydrogens (tertiary/aromatic N) is 2. The van der Waals surface area contributed by atoms with E-state index in [1.54, 1.807) is 6.07 Å². The Hall–Kier alpha value is -2.54. The van der Waals surface area contributed by atoms with Crippen LogP contribution in [0.1, 0.15) is 39.3 Å². The third-order valence-electron chi connectivity index (χ3n) is 4.34. The van der Waals surface area contributed by atoms with Crippen LogP contribution in [-0.4, -0.2) is 42.2 Å². The predicted octanol–water partition coefficient (Wildman–Crippen LogP) is 3.41. The molecule has 1 saturated heterocycles. The first-order chi connectivity index (χ1) is 13.1. The Labute approximate surface area is 169 Å². The predicted molar refractivity (Wildman–Crippen MR) is 110 cm³/mol. The first kappa shape index (κ1) is 20.2. The van der Waals surface area contributed by atoms with Gasteiger partial charge < -0.3 is 20.3 Å². The summed E-state index contributed by atoms with van der Waals surface area (Å²) in [4.78, 5) is 30.8. The van der Waals surface area contributed by atoms with Crippen molar-refractivity contribution in [1.82, 2.24) is 15.6 Å². The zero-order valence-electron chi connectivity index (χ0n) is 16.5. The lowest BCUT2D eigenvalue weighted by molar-refractivity contribution is -0.120. The molecule has 0 spiro atoms. The second kappa shape index (κ2) is 7.83. The maximum absolute atomic E-state index is 12.2. The van der Waals surface area contributed by atoms with Gasteiger partial charge in [-0.1, -0.05) is 23.7 Å². The highest BCUT2D eigenvalue weighted by Crippen LogP contribution is 2.32. The number of hydrogen-bond acceptors (Lipinski definition) is 5. The number of para-hydroxylation sites is 1. The fourth-order valence-electron chi connectivity index (χ4n) is 3.12. The van der Waals surface area contributed by atoms with E-state index < -0.39 is 11.7 Å². The lowest BCUT2D eigenvalue weighted by Gasteiger charge is -2.31. The number of pyridine rings is 1. The van der Waals surface area contributed by atoms with Gasteiger partial charge in [0.15, 0.2) is 0 Å². The monoisotopic (exact) mass is 404 g/mol. The Morgan fingerprint density at radius 1 is 1.39 bits per heavy atom. The Morgan fingerprint density at radius 2 is 2.14 bits per heavy atom. The van der Waals surface area contributed by atoms with Gasteiger partial charge in [-0.15, -0.1) is 0 Å². The second-order valence-electron chi connectivity index (χ2n) is 7.85. The number of carbonyl (C=O) groups is 2. The standard InChI is InChI=1S/C20H25ClN4O3/c1-12(23-19(27)28-20(2,3)4)14-10-13-6-5-7-15(21)17(13)24-18(14)25-9-8-22-16(26)11-25/h5-7,10,12H,8-9,11H2,1-4H3,(H,22,26)(H,23,27)/t12-/m0/s1. The Bertz CT molecular complexity index is 910. The van der Waals surface area contributed by atoms with Crippen LogP contribution in [0.15, 0.2) is 24.3 Å². The van der Waals surface area contributed by atoms with Crippen molar-refractivity contribution >= 4 is 40.3 Å². The summed E-state index contributed by atoms with van der Waals surface area (Å²) >= 11 is 6.34. The van der Waals surface area contributed by atoms with Gasteiger partial charge in [0.2, 0.25) is 5.91 Å². The van der Waals surface area contributed by atoms with Gasteiger partial charge >= 0.3 is 6.09 Å². The molecule has 0 saturated carbocycles. The molecular formula is C20H25ClN4O3. The smallest absolute Gasteiger partial charge is 0.408 e. The maximum atomic E-state index is 12.2. The van der Waals surface area contributed by atoms with Gasteiger partial charge in [-0.2, -0.15) is 0 Å². The minimum atomic E-state index is -0.591. The highest BCUT2D eigenvalue weighted by molar-refractivity contribution is 6.35. The second-order valence-corrected chi connectivity index (χ2v) is 8.26. The molecule has 1 aliphatic rings. The van der Waals surface area contributed by atoms with Crippen molar-refractivity contribution < 1.29 is 14.3 Å². The van der Waals surface area contributed by atoms with Crippen LogP contribution < -0.4 is 15.5 Å². The average Bonchev–Trinajstić information content (AvgIpc) is 2.59. The van der Waals surface area contributed by atoms with Crippen LogP contribution in [0.3, 0.4) is 0 Å². The van der Waals surface area contributed by atoms with Crippen LogP contribution in [0.5, 0.6) is 0 Å². The fourth-order valence-corrected chi connectivity index (χ4v) is 3.35. The highest BCUT2D eigenvalue weighted by Gasteiger charge is 2.25. The van der Waals surface area contributed by atoms with E-state index in [1.807, 2.05) is 50.8 Å². The number of ether oxygens (including phenoxy) is 1. The number of hydrogen-bond donors (Lipinski definition) is 2. The largest absolute Gasteiger partial charge is 0.444 e. The minimum absolute atomic E-state index is 0.0639. The van der Waals surface area contributed by atoms with Gasteiger partial charge in [-0.3, -0.25) is 4.79 Å². The molecule has 1 atom stereocenters. The lowest BCUT2D eigenvalue weighted by atomic mass is 10.0. The minimum Gasteiger partial charge on any atom is -0.444 e. The van der Waals surface area contributed by atoms with Crippen LogP contribution in [0, 0.1) is 0 Å². The molecule has 0 unspecified atom stereocenters. The van der Waals surface area contributed by atoms with Gasteiger partial charge in [0.05, 0.1) is 23.1 Å². The van der Waals surface area contributed by atoms with Crippen molar-refractivity contribution in [1.29, 1.82) is 0 Å². The zero-order valence-corrected chi connectivity index (χ0v) is 17.3. The van der Waals surface area contributed by atoms with Crippen LogP contribution in [0.4, 0.5) is 10.6 Å². The van der Waals surface area contributed by atoms with Crippen LogP contribution >= 0.6 is 11.6 Å². The Morgan fingerprint density at radius 3 is 2.82 bits per heavy atom. The van der Waals surface area contributed by atoms with E-state index >= 15 is 0 Å². The lowest BCUT2D eigenvalue weighted by Crippen LogP contribution is -2.48. The van der Waals surface area contributed by atoms with Crippen molar-refractivity contribution in [3.63, 3.8) is 0 Å². The molecule has 1 fully saturated rings. The van der Waals surface area contributed by atoms with Gasteiger partial charge in [-0.05, 0) is 39.8 Å². The fraction of sp³-hybridized carbons (Fsp3) is 0.450. The topological polar surface area (TPSA) is 83.6 Å². The Kier molecular flexibility index (Phi) is 5.65. The number of benzene rings is 1. The number of fused-ring (bicyclic) bond motifs is 1. The van der Waals surface area contributed by atoms with Crippen molar-refractivity contribution in [3.05, 3.63) is 34.9 Å². The molecule has 2 N–H and O–H groups in total. The third kappa shape index (κ3) is 4.65. The van der Waals surface area contributed by atoms with E-state index in [0.29, 0.717) is 29.4 Å². The van der Waals surface area contributed by atoms with E-state index in [0.717, 1.165) is 10.9 Å². The number of alkyl carbamates (subject to hydrolysis) is 1. The zero-order chi connectivity index (χ0) is 20.5. The molecule has 1 aromatic heterocycles. The number of rotatable bonds is 3. The summed E-state index contributed by atoms with van der Waals surface area (Å²) in [6.45, 7) is 8.67. The van der Waals surface area contributed by atoms with Crippen LogP contribution in [0.25, 0.3) is 10.9 Å². The van der Waals surface area contributed by atoms with E-state index in [2.05, 4.69) is 10.6 Å². The van der Waals surface area contributed by atoms with Crippen molar-refractivity contribution in [2.45, 2.75) is 39.3 Å². The van der Waals surface area contributed by atoms with E-state index in [1.165, 1.54) is 0 Å².